The van der Waals surface area contributed by atoms with E-state index < -0.39 is 0 Å². The summed E-state index contributed by atoms with van der Waals surface area (Å²) in [6.45, 7) is 6.77. The number of ketones is 1. The van der Waals surface area contributed by atoms with Crippen LogP contribution in [-0.4, -0.2) is 28.0 Å². The van der Waals surface area contributed by atoms with Crippen LogP contribution >= 0.6 is 11.8 Å². The summed E-state index contributed by atoms with van der Waals surface area (Å²) in [6, 6.07) is 0. The van der Waals surface area contributed by atoms with Crippen molar-refractivity contribution in [2.45, 2.75) is 77.1 Å². The Balaban J connectivity index is 1.61. The topological polar surface area (TPSA) is 37.3 Å². The van der Waals surface area contributed by atoms with Gasteiger partial charge in [0.2, 0.25) is 0 Å². The first-order valence-corrected chi connectivity index (χ1v) is 10.7. The van der Waals surface area contributed by atoms with Gasteiger partial charge in [-0.2, -0.15) is 11.8 Å². The lowest BCUT2D eigenvalue weighted by molar-refractivity contribution is -0.127. The molecule has 0 aromatic carbocycles. The molecule has 8 atom stereocenters. The van der Waals surface area contributed by atoms with Crippen molar-refractivity contribution < 1.29 is 9.90 Å². The molecule has 1 saturated heterocycles. The fraction of sp³-hybridized carbons (Fsp3) is 0.950. The monoisotopic (exact) mass is 336 g/mol. The molecular formula is C20H32O2S. The highest BCUT2D eigenvalue weighted by atomic mass is 32.2. The van der Waals surface area contributed by atoms with Crippen molar-refractivity contribution in [3.05, 3.63) is 0 Å². The van der Waals surface area contributed by atoms with Gasteiger partial charge in [0, 0.05) is 11.2 Å². The molecule has 4 fully saturated rings. The van der Waals surface area contributed by atoms with E-state index in [0.29, 0.717) is 22.4 Å². The lowest BCUT2D eigenvalue weighted by Crippen LogP contribution is -2.56. The smallest absolute Gasteiger partial charge is 0.133 e. The fourth-order valence-corrected chi connectivity index (χ4v) is 9.14. The zero-order chi connectivity index (χ0) is 16.4. The minimum absolute atomic E-state index is 0.0699. The number of thioether (sulfide) groups is 1. The van der Waals surface area contributed by atoms with E-state index in [1.807, 2.05) is 6.92 Å². The number of hydrogen-bond acceptors (Lipinski definition) is 3. The zero-order valence-electron chi connectivity index (χ0n) is 14.9. The largest absolute Gasteiger partial charge is 0.393 e. The molecule has 3 aliphatic carbocycles. The first kappa shape index (κ1) is 16.4. The Morgan fingerprint density at radius 1 is 1.04 bits per heavy atom. The quantitative estimate of drug-likeness (QED) is 0.775. The molecule has 130 valence electrons. The number of aliphatic hydroxyl groups is 1. The molecule has 2 nitrogen and oxygen atoms in total. The third-order valence-electron chi connectivity index (χ3n) is 8.50. The Bertz CT molecular complexity index is 506. The number of carbonyl (C=O) groups excluding carboxylic acids is 1. The summed E-state index contributed by atoms with van der Waals surface area (Å²) in [6.07, 6.45) is 8.09. The van der Waals surface area contributed by atoms with Crippen molar-refractivity contribution in [2.24, 2.45) is 34.5 Å². The Kier molecular flexibility index (Phi) is 3.93. The van der Waals surface area contributed by atoms with Gasteiger partial charge in [-0.15, -0.1) is 0 Å². The van der Waals surface area contributed by atoms with Crippen LogP contribution in [0, 0.1) is 34.5 Å². The van der Waals surface area contributed by atoms with Crippen LogP contribution in [0.1, 0.15) is 65.7 Å². The van der Waals surface area contributed by atoms with Gasteiger partial charge in [-0.1, -0.05) is 13.8 Å². The third kappa shape index (κ3) is 2.28. The normalized spacial score (nSPS) is 55.7. The average Bonchev–Trinajstić information content (AvgIpc) is 2.85. The van der Waals surface area contributed by atoms with Crippen LogP contribution in [0.25, 0.3) is 0 Å². The molecule has 0 amide bonds. The van der Waals surface area contributed by atoms with Crippen molar-refractivity contribution >= 4 is 17.5 Å². The maximum absolute atomic E-state index is 12.2. The van der Waals surface area contributed by atoms with Crippen LogP contribution in [0.5, 0.6) is 0 Å². The number of hydrogen-bond donors (Lipinski definition) is 1. The summed E-state index contributed by atoms with van der Waals surface area (Å²) in [7, 11) is 0. The molecule has 3 saturated carbocycles. The fourth-order valence-electron chi connectivity index (χ4n) is 7.19. The van der Waals surface area contributed by atoms with Crippen LogP contribution in [0.2, 0.25) is 0 Å². The van der Waals surface area contributed by atoms with Gasteiger partial charge in [-0.05, 0) is 86.2 Å². The van der Waals surface area contributed by atoms with Gasteiger partial charge < -0.3 is 5.11 Å². The van der Waals surface area contributed by atoms with Gasteiger partial charge >= 0.3 is 0 Å². The molecule has 3 heteroatoms. The van der Waals surface area contributed by atoms with Crippen LogP contribution in [0.15, 0.2) is 0 Å². The summed E-state index contributed by atoms with van der Waals surface area (Å²) >= 11 is 2.15. The molecule has 0 aromatic heterocycles. The lowest BCUT2D eigenvalue weighted by Gasteiger charge is -2.60. The van der Waals surface area contributed by atoms with Crippen LogP contribution < -0.4 is 0 Å². The zero-order valence-corrected chi connectivity index (χ0v) is 15.7. The second-order valence-corrected chi connectivity index (χ2v) is 10.7. The highest BCUT2D eigenvalue weighted by Gasteiger charge is 2.61. The second-order valence-electron chi connectivity index (χ2n) is 9.42. The summed E-state index contributed by atoms with van der Waals surface area (Å²) in [4.78, 5) is 12.2. The number of fused-ring (bicyclic) bond motifs is 5. The molecule has 4 rings (SSSR count). The van der Waals surface area contributed by atoms with E-state index >= 15 is 0 Å². The number of aliphatic hydroxyl groups excluding tert-OH is 1. The van der Waals surface area contributed by atoms with E-state index in [1.54, 1.807) is 0 Å². The van der Waals surface area contributed by atoms with Gasteiger partial charge in [0.05, 0.1) is 6.10 Å². The Hall–Kier alpha value is -0.0200. The molecular weight excluding hydrogens is 304 g/mol. The van der Waals surface area contributed by atoms with E-state index in [0.717, 1.165) is 37.0 Å². The average molecular weight is 337 g/mol. The third-order valence-corrected chi connectivity index (χ3v) is 10.2. The summed E-state index contributed by atoms with van der Waals surface area (Å²) < 4.78 is 0. The standard InChI is InChI=1S/C20H32O2S/c1-12(21)15-4-5-16-14-11-23-18-10-13(22)6-8-20(18,3)17(14)7-9-19(15,16)2/h13-18,22H,4-11H2,1-3H3/t13-,14+,15-,16+,17+,18+,19-,20-/m1/s1. The van der Waals surface area contributed by atoms with Crippen molar-refractivity contribution in [3.63, 3.8) is 0 Å². The molecule has 1 aliphatic heterocycles. The van der Waals surface area contributed by atoms with E-state index in [2.05, 4.69) is 25.6 Å². The summed E-state index contributed by atoms with van der Waals surface area (Å²) in [5.74, 6) is 4.40. The first-order chi connectivity index (χ1) is 10.9. The summed E-state index contributed by atoms with van der Waals surface area (Å²) in [5.41, 5.74) is 0.688. The van der Waals surface area contributed by atoms with Crippen molar-refractivity contribution in [3.8, 4) is 0 Å². The lowest BCUT2D eigenvalue weighted by atomic mass is 9.50. The molecule has 0 unspecified atom stereocenters. The van der Waals surface area contributed by atoms with E-state index in [9.17, 15) is 9.90 Å². The number of Topliss-reactive ketones (excluding diaryl/α,β-unsaturated/α-hetero) is 1. The van der Waals surface area contributed by atoms with Crippen LogP contribution in [0.3, 0.4) is 0 Å². The van der Waals surface area contributed by atoms with Crippen LogP contribution in [0.4, 0.5) is 0 Å². The van der Waals surface area contributed by atoms with Crippen LogP contribution in [-0.2, 0) is 4.79 Å². The van der Waals surface area contributed by atoms with E-state index in [1.165, 1.54) is 31.4 Å². The van der Waals surface area contributed by atoms with Gasteiger partial charge in [0.1, 0.15) is 5.78 Å². The maximum Gasteiger partial charge on any atom is 0.133 e. The van der Waals surface area contributed by atoms with Crippen molar-refractivity contribution in [1.29, 1.82) is 0 Å². The first-order valence-electron chi connectivity index (χ1n) is 9.66. The Morgan fingerprint density at radius 3 is 2.48 bits per heavy atom. The predicted octanol–water partition coefficient (Wildman–Crippen LogP) is 4.30. The predicted molar refractivity (Wildman–Crippen MR) is 95.4 cm³/mol. The highest BCUT2D eigenvalue weighted by Crippen LogP contribution is 2.66. The Labute approximate surface area is 145 Å². The minimum atomic E-state index is -0.0699. The molecule has 0 radical (unpaired) electrons. The Morgan fingerprint density at radius 2 is 1.74 bits per heavy atom. The van der Waals surface area contributed by atoms with E-state index in [4.69, 9.17) is 0 Å². The molecule has 1 N–H and O–H groups in total. The molecule has 0 spiro atoms. The van der Waals surface area contributed by atoms with Gasteiger partial charge in [0.15, 0.2) is 0 Å². The van der Waals surface area contributed by atoms with Gasteiger partial charge in [0.25, 0.3) is 0 Å². The number of carbonyl (C=O) groups is 1. The minimum Gasteiger partial charge on any atom is -0.393 e. The molecule has 4 aliphatic rings. The molecule has 0 bridgehead atoms. The molecule has 0 aromatic rings. The maximum atomic E-state index is 12.2. The molecule has 1 heterocycles. The second kappa shape index (κ2) is 5.49. The van der Waals surface area contributed by atoms with Gasteiger partial charge in [-0.3, -0.25) is 4.79 Å². The molecule has 23 heavy (non-hydrogen) atoms. The summed E-state index contributed by atoms with van der Waals surface area (Å²) in [5, 5.41) is 10.7. The SMILES string of the molecule is CC(=O)[C@H]1CC[C@H]2[C@@H]3CS[C@H]4C[C@H](O)CC[C@]4(C)[C@H]3CC[C@]12C. The van der Waals surface area contributed by atoms with E-state index in [-0.39, 0.29) is 11.5 Å². The highest BCUT2D eigenvalue weighted by molar-refractivity contribution is 8.00. The van der Waals surface area contributed by atoms with Crippen molar-refractivity contribution in [1.82, 2.24) is 0 Å². The number of rotatable bonds is 1. The van der Waals surface area contributed by atoms with Crippen molar-refractivity contribution in [2.75, 3.05) is 5.75 Å². The van der Waals surface area contributed by atoms with Gasteiger partial charge in [-0.25, -0.2) is 0 Å².